The van der Waals surface area contributed by atoms with Gasteiger partial charge in [-0.05, 0) is 27.8 Å². The van der Waals surface area contributed by atoms with Gasteiger partial charge in [0.2, 0.25) is 0 Å². The largest absolute Gasteiger partial charge is 1.00 e. The number of amides is 1. The summed E-state index contributed by atoms with van der Waals surface area (Å²) in [5.41, 5.74) is -0.499. The Hall–Kier alpha value is -0.543. The first-order valence-corrected chi connectivity index (χ1v) is 5.39. The van der Waals surface area contributed by atoms with E-state index in [0.717, 1.165) is 0 Å². The number of likely N-dealkylation sites (N-methyl/N-ethyl adjacent to an activating group) is 1. The molecule has 1 aliphatic rings. The maximum absolute atomic E-state index is 11.7. The average molecular weight is 251 g/mol. The van der Waals surface area contributed by atoms with Gasteiger partial charge >= 0.3 is 25.0 Å². The van der Waals surface area contributed by atoms with Crippen LogP contribution in [0, 0.1) is 0 Å². The summed E-state index contributed by atoms with van der Waals surface area (Å²) in [4.78, 5) is 25.9. The van der Waals surface area contributed by atoms with Gasteiger partial charge in [0.05, 0.1) is 0 Å². The summed E-state index contributed by atoms with van der Waals surface area (Å²) < 4.78 is 5.24. The second kappa shape index (κ2) is 7.80. The second-order valence-electron chi connectivity index (χ2n) is 5.04. The van der Waals surface area contributed by atoms with Crippen LogP contribution in [0.3, 0.4) is 0 Å². The molecule has 6 nitrogen and oxygen atoms in total. The second-order valence-corrected chi connectivity index (χ2v) is 5.04. The van der Waals surface area contributed by atoms with Gasteiger partial charge in [0, 0.05) is 19.6 Å². The van der Waals surface area contributed by atoms with Crippen LogP contribution in [0.2, 0.25) is 0 Å². The van der Waals surface area contributed by atoms with Gasteiger partial charge in [0.25, 0.3) is 0 Å². The molecule has 1 aliphatic heterocycles. The van der Waals surface area contributed by atoms with Crippen LogP contribution in [0.1, 0.15) is 20.8 Å². The molecule has 1 saturated heterocycles. The van der Waals surface area contributed by atoms with E-state index < -0.39 is 5.60 Å². The van der Waals surface area contributed by atoms with Gasteiger partial charge in [0.1, 0.15) is 5.60 Å². The Balaban J connectivity index is 0. The van der Waals surface area contributed by atoms with E-state index >= 15 is 0 Å². The van der Waals surface area contributed by atoms with Gasteiger partial charge < -0.3 is 24.8 Å². The Kier molecular flexibility index (Phi) is 8.57. The quantitative estimate of drug-likeness (QED) is 0.379. The average Bonchev–Trinajstić information content (AvgIpc) is 2.15. The summed E-state index contributed by atoms with van der Waals surface area (Å²) in [6.07, 6.45) is 1.57. The molecule has 0 radical (unpaired) electrons. The molecule has 1 rings (SSSR count). The van der Waals surface area contributed by atoms with Crippen molar-refractivity contribution in [2.24, 2.45) is 0 Å². The van der Waals surface area contributed by atoms with Crippen molar-refractivity contribution in [1.29, 1.82) is 0 Å². The number of rotatable bonds is 1. The topological polar surface area (TPSA) is 79.8 Å². The molecule has 1 heterocycles. The van der Waals surface area contributed by atoms with E-state index in [-0.39, 0.29) is 36.5 Å². The zero-order valence-electron chi connectivity index (χ0n) is 11.8. The van der Waals surface area contributed by atoms with Crippen molar-refractivity contribution in [3.8, 4) is 0 Å². The molecule has 18 heavy (non-hydrogen) atoms. The van der Waals surface area contributed by atoms with Crippen molar-refractivity contribution in [2.75, 3.05) is 26.7 Å². The Bertz CT molecular complexity index is 281. The number of carbonyl (C=O) groups is 1. The first kappa shape index (κ1) is 19.8. The summed E-state index contributed by atoms with van der Waals surface area (Å²) >= 11 is 0. The maximum atomic E-state index is 11.7. The molecular weight excluding hydrogens is 231 g/mol. The first-order valence-electron chi connectivity index (χ1n) is 5.39. The van der Waals surface area contributed by atoms with Crippen LogP contribution in [0.15, 0.2) is 0 Å². The van der Waals surface area contributed by atoms with Gasteiger partial charge in [-0.15, -0.1) is 0 Å². The smallest absolute Gasteiger partial charge is 0.870 e. The molecule has 0 aromatic carbocycles. The number of ether oxygens (including phenoxy) is 1. The van der Waals surface area contributed by atoms with Crippen molar-refractivity contribution < 1.29 is 38.7 Å². The summed E-state index contributed by atoms with van der Waals surface area (Å²) in [7, 11) is 1.85. The normalized spacial score (nSPS) is 20.4. The number of hydrogen-bond acceptors (Lipinski definition) is 5. The molecule has 100 valence electrons. The minimum absolute atomic E-state index is 0. The fourth-order valence-corrected chi connectivity index (χ4v) is 1.49. The number of hydrogen-bond donors (Lipinski definition) is 0. The predicted molar refractivity (Wildman–Crippen MR) is 61.9 cm³/mol. The van der Waals surface area contributed by atoms with Crippen LogP contribution in [0.5, 0.6) is 0 Å². The third-order valence-corrected chi connectivity index (χ3v) is 2.44. The van der Waals surface area contributed by atoms with Gasteiger partial charge in [0.15, 0.2) is 0 Å². The summed E-state index contributed by atoms with van der Waals surface area (Å²) in [6.45, 7) is 7.08. The molecule has 0 aromatic rings. The minimum atomic E-state index is -0.499. The number of carbonyl (C=O) groups excluding carboxylic acids is 2. The van der Waals surface area contributed by atoms with E-state index in [4.69, 9.17) is 4.74 Å². The Labute approximate surface area is 120 Å². The SMILES string of the molecule is CN1CCN(C(=O)OC(C)(C)C)C[C@@H]1[C-]=O.[Li+].[OH-]. The first-order chi connectivity index (χ1) is 7.33. The van der Waals surface area contributed by atoms with Crippen LogP contribution >= 0.6 is 0 Å². The van der Waals surface area contributed by atoms with E-state index in [1.54, 1.807) is 4.90 Å². The van der Waals surface area contributed by atoms with Crippen LogP contribution in [-0.4, -0.2) is 66.0 Å². The van der Waals surface area contributed by atoms with Crippen LogP contribution in [0.4, 0.5) is 4.79 Å². The van der Waals surface area contributed by atoms with Crippen molar-refractivity contribution in [3.63, 3.8) is 0 Å². The summed E-state index contributed by atoms with van der Waals surface area (Å²) in [5, 5.41) is 0. The molecule has 0 bridgehead atoms. The molecule has 0 aromatic heterocycles. The standard InChI is InChI=1S/C11H19N2O3.Li.H2O/c1-11(2,3)16-10(15)13-6-5-12(4)9(7-13)8-14;;/h9H,5-7H2,1-4H3;;1H2/q-1;+1;/p-1/t9-;;/m1../s1. The molecular formula is C11H20LiN2O4-. The van der Waals surface area contributed by atoms with Crippen LogP contribution in [-0.2, 0) is 9.53 Å². The van der Waals surface area contributed by atoms with E-state index in [0.29, 0.717) is 19.6 Å². The fourth-order valence-electron chi connectivity index (χ4n) is 1.49. The zero-order chi connectivity index (χ0) is 12.3. The molecule has 0 spiro atoms. The summed E-state index contributed by atoms with van der Waals surface area (Å²) in [6, 6.07) is -0.346. The molecule has 0 saturated carbocycles. The number of nitrogens with zero attached hydrogens (tertiary/aromatic N) is 2. The summed E-state index contributed by atoms with van der Waals surface area (Å²) in [5.74, 6) is 0. The third kappa shape index (κ3) is 5.87. The van der Waals surface area contributed by atoms with E-state index in [1.165, 1.54) is 0 Å². The van der Waals surface area contributed by atoms with Crippen LogP contribution in [0.25, 0.3) is 0 Å². The zero-order valence-corrected chi connectivity index (χ0v) is 11.8. The van der Waals surface area contributed by atoms with E-state index in [2.05, 4.69) is 0 Å². The van der Waals surface area contributed by atoms with Crippen molar-refractivity contribution in [1.82, 2.24) is 9.80 Å². The molecule has 0 aliphatic carbocycles. The van der Waals surface area contributed by atoms with Crippen LogP contribution < -0.4 is 18.9 Å². The van der Waals surface area contributed by atoms with Crippen molar-refractivity contribution in [2.45, 2.75) is 32.4 Å². The maximum Gasteiger partial charge on any atom is 1.00 e. The van der Waals surface area contributed by atoms with Crippen molar-refractivity contribution >= 4 is 12.4 Å². The molecule has 7 heteroatoms. The van der Waals surface area contributed by atoms with Crippen molar-refractivity contribution in [3.05, 3.63) is 0 Å². The monoisotopic (exact) mass is 251 g/mol. The molecule has 1 fully saturated rings. The van der Waals surface area contributed by atoms with Gasteiger partial charge in [-0.2, -0.15) is 0 Å². The van der Waals surface area contributed by atoms with Gasteiger partial charge in [-0.25, -0.2) is 11.1 Å². The molecule has 0 unspecified atom stereocenters. The molecule has 1 atom stereocenters. The third-order valence-electron chi connectivity index (χ3n) is 2.44. The fraction of sp³-hybridized carbons (Fsp3) is 0.818. The van der Waals surface area contributed by atoms with E-state index in [9.17, 15) is 9.59 Å². The minimum Gasteiger partial charge on any atom is -0.870 e. The van der Waals surface area contributed by atoms with Gasteiger partial charge in [-0.1, -0.05) is 6.04 Å². The number of piperazine rings is 1. The Morgan fingerprint density at radius 2 is 1.89 bits per heavy atom. The van der Waals surface area contributed by atoms with Gasteiger partial charge in [-0.3, -0.25) is 0 Å². The predicted octanol–water partition coefficient (Wildman–Crippen LogP) is -2.53. The van der Waals surface area contributed by atoms with E-state index in [1.807, 2.05) is 39.0 Å². The Morgan fingerprint density at radius 1 is 1.33 bits per heavy atom. The Morgan fingerprint density at radius 3 is 2.33 bits per heavy atom. The molecule has 1 N–H and O–H groups in total. The molecule has 1 amide bonds.